The Morgan fingerprint density at radius 1 is 1.18 bits per heavy atom. The van der Waals surface area contributed by atoms with E-state index >= 15 is 0 Å². The second kappa shape index (κ2) is 8.15. The maximum Gasteiger partial charge on any atom is 0.293 e. The van der Waals surface area contributed by atoms with Gasteiger partial charge in [-0.1, -0.05) is 12.1 Å². The molecule has 2 aromatic rings. The lowest BCUT2D eigenvalue weighted by Crippen LogP contribution is -2.28. The summed E-state index contributed by atoms with van der Waals surface area (Å²) in [6.45, 7) is 1.32. The third-order valence-corrected chi connectivity index (χ3v) is 6.71. The first-order valence-corrected chi connectivity index (χ1v) is 10.4. The van der Waals surface area contributed by atoms with E-state index in [1.54, 1.807) is 19.1 Å². The van der Waals surface area contributed by atoms with Gasteiger partial charge in [0.05, 0.1) is 16.9 Å². The van der Waals surface area contributed by atoms with Crippen LogP contribution in [0.4, 0.5) is 11.4 Å². The van der Waals surface area contributed by atoms with Gasteiger partial charge in [0.2, 0.25) is 10.0 Å². The molecule has 8 nitrogen and oxygen atoms in total. The molecule has 1 aliphatic heterocycles. The number of benzene rings is 2. The van der Waals surface area contributed by atoms with E-state index in [1.807, 2.05) is 24.3 Å². The van der Waals surface area contributed by atoms with E-state index in [2.05, 4.69) is 0 Å². The lowest BCUT2D eigenvalue weighted by molar-refractivity contribution is -0.384. The summed E-state index contributed by atoms with van der Waals surface area (Å²) in [5.41, 5.74) is 1.05. The first-order chi connectivity index (χ1) is 13.3. The molecule has 0 spiro atoms. The lowest BCUT2D eigenvalue weighted by Gasteiger charge is -2.21. The Hall–Kier alpha value is -2.65. The molecule has 0 saturated carbocycles. The van der Waals surface area contributed by atoms with Gasteiger partial charge < -0.3 is 9.64 Å². The third kappa shape index (κ3) is 4.10. The topological polar surface area (TPSA) is 93.0 Å². The van der Waals surface area contributed by atoms with Crippen LogP contribution in [0.2, 0.25) is 0 Å². The predicted molar refractivity (Wildman–Crippen MR) is 106 cm³/mol. The largest absolute Gasteiger partial charge is 0.497 e. The molecule has 0 atom stereocenters. The fraction of sp³-hybridized carbons (Fsp3) is 0.368. The zero-order valence-electron chi connectivity index (χ0n) is 15.9. The molecule has 0 unspecified atom stereocenters. The van der Waals surface area contributed by atoms with Crippen LogP contribution in [0, 0.1) is 10.1 Å². The number of rotatable bonds is 7. The predicted octanol–water partition coefficient (Wildman–Crippen LogP) is 3.02. The zero-order chi connectivity index (χ0) is 20.3. The average Bonchev–Trinajstić information content (AvgIpc) is 3.23. The van der Waals surface area contributed by atoms with Gasteiger partial charge in [0.1, 0.15) is 11.4 Å². The van der Waals surface area contributed by atoms with Crippen LogP contribution >= 0.6 is 0 Å². The number of nitro groups is 1. The normalized spacial score (nSPS) is 14.8. The Morgan fingerprint density at radius 2 is 1.89 bits per heavy atom. The molecular weight excluding hydrogens is 382 g/mol. The summed E-state index contributed by atoms with van der Waals surface area (Å²) in [6.07, 6.45) is 1.62. The first-order valence-electron chi connectivity index (χ1n) is 8.95. The van der Waals surface area contributed by atoms with Gasteiger partial charge in [0, 0.05) is 32.7 Å². The van der Waals surface area contributed by atoms with E-state index in [4.69, 9.17) is 4.74 Å². The molecule has 1 fully saturated rings. The summed E-state index contributed by atoms with van der Waals surface area (Å²) in [6, 6.07) is 11.5. The van der Waals surface area contributed by atoms with Crippen LogP contribution in [0.3, 0.4) is 0 Å². The van der Waals surface area contributed by atoms with Crippen molar-refractivity contribution in [2.24, 2.45) is 0 Å². The molecule has 1 heterocycles. The molecule has 1 aliphatic rings. The number of anilines is 1. The molecule has 0 aromatic heterocycles. The van der Waals surface area contributed by atoms with Gasteiger partial charge in [-0.2, -0.15) is 4.31 Å². The summed E-state index contributed by atoms with van der Waals surface area (Å²) >= 11 is 0. The molecule has 0 bridgehead atoms. The highest BCUT2D eigenvalue weighted by atomic mass is 32.2. The Morgan fingerprint density at radius 3 is 2.54 bits per heavy atom. The van der Waals surface area contributed by atoms with E-state index in [0.29, 0.717) is 31.1 Å². The van der Waals surface area contributed by atoms with Gasteiger partial charge >= 0.3 is 0 Å². The summed E-state index contributed by atoms with van der Waals surface area (Å²) in [5, 5.41) is 11.6. The first kappa shape index (κ1) is 20.1. The van der Waals surface area contributed by atoms with E-state index < -0.39 is 14.9 Å². The van der Waals surface area contributed by atoms with Crippen LogP contribution < -0.4 is 9.64 Å². The fourth-order valence-electron chi connectivity index (χ4n) is 3.34. The Labute approximate surface area is 164 Å². The molecule has 3 rings (SSSR count). The summed E-state index contributed by atoms with van der Waals surface area (Å²) in [7, 11) is -0.402. The van der Waals surface area contributed by atoms with Crippen LogP contribution in [0.1, 0.15) is 18.4 Å². The summed E-state index contributed by atoms with van der Waals surface area (Å²) in [4.78, 5) is 12.8. The van der Waals surface area contributed by atoms with Gasteiger partial charge in [-0.25, -0.2) is 8.42 Å². The number of hydrogen-bond donors (Lipinski definition) is 0. The van der Waals surface area contributed by atoms with Gasteiger partial charge in [0.15, 0.2) is 0 Å². The number of nitrogens with zero attached hydrogens (tertiary/aromatic N) is 3. The number of hydrogen-bond acceptors (Lipinski definition) is 6. The Bertz CT molecular complexity index is 971. The standard InChI is InChI=1S/C19H23N3O5S/c1-20(14-15-6-5-7-16(12-15)27-2)18-9-8-17(13-19(18)22(23)24)28(25,26)21-10-3-4-11-21/h5-9,12-13H,3-4,10-11,14H2,1-2H3. The van der Waals surface area contributed by atoms with Crippen molar-refractivity contribution in [3.63, 3.8) is 0 Å². The highest BCUT2D eigenvalue weighted by molar-refractivity contribution is 7.89. The highest BCUT2D eigenvalue weighted by Crippen LogP contribution is 2.33. The minimum Gasteiger partial charge on any atom is -0.497 e. The van der Waals surface area contributed by atoms with Crippen molar-refractivity contribution in [2.45, 2.75) is 24.3 Å². The monoisotopic (exact) mass is 405 g/mol. The number of methoxy groups -OCH3 is 1. The van der Waals surface area contributed by atoms with Crippen molar-refractivity contribution in [3.05, 3.63) is 58.1 Å². The Kier molecular flexibility index (Phi) is 5.85. The number of sulfonamides is 1. The van der Waals surface area contributed by atoms with Crippen LogP contribution in [-0.4, -0.2) is 44.9 Å². The smallest absolute Gasteiger partial charge is 0.293 e. The molecule has 28 heavy (non-hydrogen) atoms. The third-order valence-electron chi connectivity index (χ3n) is 4.81. The summed E-state index contributed by atoms with van der Waals surface area (Å²) in [5.74, 6) is 0.701. The second-order valence-corrected chi connectivity index (χ2v) is 8.66. The second-order valence-electron chi connectivity index (χ2n) is 6.73. The lowest BCUT2D eigenvalue weighted by atomic mass is 10.2. The van der Waals surface area contributed by atoms with Crippen molar-refractivity contribution >= 4 is 21.4 Å². The van der Waals surface area contributed by atoms with Crippen molar-refractivity contribution in [3.8, 4) is 5.75 Å². The van der Waals surface area contributed by atoms with Crippen molar-refractivity contribution in [1.29, 1.82) is 0 Å². The van der Waals surface area contributed by atoms with Crippen molar-refractivity contribution in [2.75, 3.05) is 32.1 Å². The average molecular weight is 405 g/mol. The van der Waals surface area contributed by atoms with Gasteiger partial charge in [-0.15, -0.1) is 0 Å². The van der Waals surface area contributed by atoms with Gasteiger partial charge in [-0.3, -0.25) is 10.1 Å². The summed E-state index contributed by atoms with van der Waals surface area (Å²) < 4.78 is 32.0. The quantitative estimate of drug-likeness (QED) is 0.519. The van der Waals surface area contributed by atoms with Crippen molar-refractivity contribution in [1.82, 2.24) is 4.31 Å². The molecule has 1 saturated heterocycles. The maximum absolute atomic E-state index is 12.7. The SMILES string of the molecule is COc1cccc(CN(C)c2ccc(S(=O)(=O)N3CCCC3)cc2[N+](=O)[O-])c1. The van der Waals surface area contributed by atoms with Crippen molar-refractivity contribution < 1.29 is 18.1 Å². The van der Waals surface area contributed by atoms with Gasteiger partial charge in [-0.05, 0) is 42.7 Å². The van der Waals surface area contributed by atoms with Gasteiger partial charge in [0.25, 0.3) is 5.69 Å². The minimum absolute atomic E-state index is 0.0420. The van der Waals surface area contributed by atoms with Crippen LogP contribution in [0.15, 0.2) is 47.4 Å². The molecule has 2 aromatic carbocycles. The minimum atomic E-state index is -3.71. The molecule has 0 aliphatic carbocycles. The van der Waals surface area contributed by atoms with E-state index in [9.17, 15) is 18.5 Å². The number of nitro benzene ring substituents is 1. The molecule has 0 amide bonds. The maximum atomic E-state index is 12.7. The van der Waals surface area contributed by atoms with Crippen LogP contribution in [-0.2, 0) is 16.6 Å². The highest BCUT2D eigenvalue weighted by Gasteiger charge is 2.30. The van der Waals surface area contributed by atoms with Crippen LogP contribution in [0.5, 0.6) is 5.75 Å². The molecule has 9 heteroatoms. The van der Waals surface area contributed by atoms with E-state index in [-0.39, 0.29) is 10.6 Å². The zero-order valence-corrected chi connectivity index (χ0v) is 16.7. The fourth-order valence-corrected chi connectivity index (χ4v) is 4.88. The molecular formula is C19H23N3O5S. The molecule has 0 N–H and O–H groups in total. The Balaban J connectivity index is 1.91. The molecule has 0 radical (unpaired) electrons. The van der Waals surface area contributed by atoms with E-state index in [1.165, 1.54) is 16.4 Å². The van der Waals surface area contributed by atoms with E-state index in [0.717, 1.165) is 24.5 Å². The molecule has 150 valence electrons. The number of ether oxygens (including phenoxy) is 1. The van der Waals surface area contributed by atoms with Crippen LogP contribution in [0.25, 0.3) is 0 Å².